The molecule has 8 heteroatoms. The first-order valence-corrected chi connectivity index (χ1v) is 8.47. The molecule has 0 radical (unpaired) electrons. The number of carboxylic acids is 1. The largest absolute Gasteiger partial charge is 0.480 e. The number of carbonyl (C=O) groups excluding carboxylic acids is 1. The van der Waals surface area contributed by atoms with Crippen LogP contribution < -0.4 is 0 Å². The van der Waals surface area contributed by atoms with Crippen LogP contribution in [0.4, 0.5) is 0 Å². The smallest absolute Gasteiger partial charge is 0.323 e. The van der Waals surface area contributed by atoms with Gasteiger partial charge in [0.15, 0.2) is 9.84 Å². The Kier molecular flexibility index (Phi) is 6.41. The standard InChI is InChI=1S/C12H21NO6S/c1-2-19-6-3-4-11(14)13(8-12(15)16)10-5-7-20(17,18)9-10/h10H,2-9H2,1H3,(H,15,16). The second-order valence-electron chi connectivity index (χ2n) is 4.77. The molecule has 1 N–H and O–H groups in total. The van der Waals surface area contributed by atoms with E-state index < -0.39 is 28.4 Å². The van der Waals surface area contributed by atoms with E-state index in [4.69, 9.17) is 9.84 Å². The fourth-order valence-corrected chi connectivity index (χ4v) is 3.93. The van der Waals surface area contributed by atoms with Crippen molar-refractivity contribution in [3.63, 3.8) is 0 Å². The first kappa shape index (κ1) is 16.9. The van der Waals surface area contributed by atoms with E-state index in [-0.39, 0.29) is 23.8 Å². The van der Waals surface area contributed by atoms with Crippen molar-refractivity contribution in [2.45, 2.75) is 32.2 Å². The Bertz CT molecular complexity index is 447. The van der Waals surface area contributed by atoms with E-state index in [1.54, 1.807) is 0 Å². The number of rotatable bonds is 8. The van der Waals surface area contributed by atoms with E-state index in [1.807, 2.05) is 6.92 Å². The highest BCUT2D eigenvalue weighted by atomic mass is 32.2. The molecule has 0 bridgehead atoms. The molecule has 20 heavy (non-hydrogen) atoms. The lowest BCUT2D eigenvalue weighted by Crippen LogP contribution is -2.44. The van der Waals surface area contributed by atoms with Crippen molar-refractivity contribution in [1.82, 2.24) is 4.90 Å². The first-order chi connectivity index (χ1) is 9.35. The van der Waals surface area contributed by atoms with Crippen LogP contribution >= 0.6 is 0 Å². The van der Waals surface area contributed by atoms with Gasteiger partial charge in [-0.1, -0.05) is 0 Å². The third-order valence-corrected chi connectivity index (χ3v) is 4.91. The highest BCUT2D eigenvalue weighted by Gasteiger charge is 2.35. The van der Waals surface area contributed by atoms with E-state index in [2.05, 4.69) is 0 Å². The monoisotopic (exact) mass is 307 g/mol. The van der Waals surface area contributed by atoms with Gasteiger partial charge in [-0.25, -0.2) is 8.42 Å². The van der Waals surface area contributed by atoms with Crippen LogP contribution in [-0.4, -0.2) is 67.6 Å². The number of ether oxygens (including phenoxy) is 1. The molecule has 1 fully saturated rings. The van der Waals surface area contributed by atoms with Crippen LogP contribution in [0.3, 0.4) is 0 Å². The molecule has 1 heterocycles. The molecule has 0 aromatic carbocycles. The summed E-state index contributed by atoms with van der Waals surface area (Å²) in [5.74, 6) is -1.58. The molecular formula is C12H21NO6S. The fraction of sp³-hybridized carbons (Fsp3) is 0.833. The van der Waals surface area contributed by atoms with Gasteiger partial charge in [0.1, 0.15) is 6.54 Å². The second kappa shape index (κ2) is 7.58. The molecule has 1 amide bonds. The molecule has 7 nitrogen and oxygen atoms in total. The van der Waals surface area contributed by atoms with Gasteiger partial charge in [0.05, 0.1) is 11.5 Å². The van der Waals surface area contributed by atoms with Gasteiger partial charge in [0.25, 0.3) is 0 Å². The van der Waals surface area contributed by atoms with Crippen molar-refractivity contribution in [1.29, 1.82) is 0 Å². The Hall–Kier alpha value is -1.15. The van der Waals surface area contributed by atoms with Gasteiger partial charge in [-0.3, -0.25) is 9.59 Å². The number of nitrogens with zero attached hydrogens (tertiary/aromatic N) is 1. The Balaban J connectivity index is 2.60. The van der Waals surface area contributed by atoms with Crippen LogP contribution in [0.1, 0.15) is 26.2 Å². The minimum absolute atomic E-state index is 0.0139. The zero-order valence-corrected chi connectivity index (χ0v) is 12.4. The van der Waals surface area contributed by atoms with Crippen molar-refractivity contribution in [3.05, 3.63) is 0 Å². The summed E-state index contributed by atoms with van der Waals surface area (Å²) < 4.78 is 28.0. The summed E-state index contributed by atoms with van der Waals surface area (Å²) >= 11 is 0. The van der Waals surface area contributed by atoms with Gasteiger partial charge in [-0.05, 0) is 19.8 Å². The molecule has 1 unspecified atom stereocenters. The predicted octanol–water partition coefficient (Wildman–Crippen LogP) is -0.0966. The average molecular weight is 307 g/mol. The van der Waals surface area contributed by atoms with Crippen LogP contribution in [0.5, 0.6) is 0 Å². The van der Waals surface area contributed by atoms with E-state index >= 15 is 0 Å². The predicted molar refractivity (Wildman–Crippen MR) is 72.1 cm³/mol. The Morgan fingerprint density at radius 1 is 1.40 bits per heavy atom. The minimum Gasteiger partial charge on any atom is -0.480 e. The molecule has 1 aliphatic rings. The third-order valence-electron chi connectivity index (χ3n) is 3.16. The molecule has 0 aromatic rings. The summed E-state index contributed by atoms with van der Waals surface area (Å²) in [6.45, 7) is 2.40. The summed E-state index contributed by atoms with van der Waals surface area (Å²) in [4.78, 5) is 24.1. The highest BCUT2D eigenvalue weighted by Crippen LogP contribution is 2.18. The zero-order valence-electron chi connectivity index (χ0n) is 11.6. The van der Waals surface area contributed by atoms with E-state index in [1.165, 1.54) is 4.90 Å². The van der Waals surface area contributed by atoms with Gasteiger partial charge in [-0.2, -0.15) is 0 Å². The summed E-state index contributed by atoms with van der Waals surface area (Å²) in [6.07, 6.45) is 0.985. The lowest BCUT2D eigenvalue weighted by Gasteiger charge is -2.26. The third kappa shape index (κ3) is 5.46. The second-order valence-corrected chi connectivity index (χ2v) is 7.00. The summed E-state index contributed by atoms with van der Waals surface area (Å²) in [6, 6.07) is -0.518. The molecular weight excluding hydrogens is 286 g/mol. The zero-order chi connectivity index (χ0) is 15.2. The van der Waals surface area contributed by atoms with Crippen molar-refractivity contribution in [2.75, 3.05) is 31.3 Å². The maximum atomic E-state index is 12.1. The van der Waals surface area contributed by atoms with E-state index in [0.717, 1.165) is 0 Å². The molecule has 0 aromatic heterocycles. The van der Waals surface area contributed by atoms with Crippen molar-refractivity contribution in [3.8, 4) is 0 Å². The molecule has 1 aliphatic heterocycles. The molecule has 0 aliphatic carbocycles. The highest BCUT2D eigenvalue weighted by molar-refractivity contribution is 7.91. The molecule has 1 atom stereocenters. The quantitative estimate of drug-likeness (QED) is 0.629. The lowest BCUT2D eigenvalue weighted by atomic mass is 10.2. The van der Waals surface area contributed by atoms with Crippen molar-refractivity contribution < 1.29 is 27.9 Å². The fourth-order valence-electron chi connectivity index (χ4n) is 2.20. The van der Waals surface area contributed by atoms with E-state index in [0.29, 0.717) is 26.1 Å². The number of aliphatic carboxylic acids is 1. The Morgan fingerprint density at radius 3 is 2.60 bits per heavy atom. The molecule has 0 saturated carbocycles. The van der Waals surface area contributed by atoms with Gasteiger partial charge in [0, 0.05) is 25.7 Å². The van der Waals surface area contributed by atoms with Crippen LogP contribution in [-0.2, 0) is 24.2 Å². The number of carbonyl (C=O) groups is 2. The SMILES string of the molecule is CCOCCCC(=O)N(CC(=O)O)C1CCS(=O)(=O)C1. The number of hydrogen-bond donors (Lipinski definition) is 1. The van der Waals surface area contributed by atoms with Crippen LogP contribution in [0.15, 0.2) is 0 Å². The minimum atomic E-state index is -3.15. The molecule has 1 rings (SSSR count). The van der Waals surface area contributed by atoms with Crippen molar-refractivity contribution >= 4 is 21.7 Å². The van der Waals surface area contributed by atoms with Gasteiger partial charge >= 0.3 is 5.97 Å². The normalized spacial score (nSPS) is 20.8. The molecule has 0 spiro atoms. The number of amides is 1. The van der Waals surface area contributed by atoms with Crippen LogP contribution in [0, 0.1) is 0 Å². The van der Waals surface area contributed by atoms with Crippen LogP contribution in [0.25, 0.3) is 0 Å². The topological polar surface area (TPSA) is 101 Å². The maximum Gasteiger partial charge on any atom is 0.323 e. The Labute approximate surface area is 118 Å². The summed E-state index contributed by atoms with van der Waals surface area (Å²) in [5.41, 5.74) is 0. The molecule has 1 saturated heterocycles. The van der Waals surface area contributed by atoms with Gasteiger partial charge < -0.3 is 14.7 Å². The van der Waals surface area contributed by atoms with Gasteiger partial charge in [0.2, 0.25) is 5.91 Å². The summed E-state index contributed by atoms with van der Waals surface area (Å²) in [7, 11) is -3.15. The number of sulfone groups is 1. The van der Waals surface area contributed by atoms with E-state index in [9.17, 15) is 18.0 Å². The van der Waals surface area contributed by atoms with Gasteiger partial charge in [-0.15, -0.1) is 0 Å². The number of carboxylic acid groups (broad SMARTS) is 1. The first-order valence-electron chi connectivity index (χ1n) is 6.65. The lowest BCUT2D eigenvalue weighted by molar-refractivity contribution is -0.146. The average Bonchev–Trinajstić information content (AvgIpc) is 2.71. The summed E-state index contributed by atoms with van der Waals surface area (Å²) in [5, 5.41) is 8.86. The van der Waals surface area contributed by atoms with Crippen LogP contribution in [0.2, 0.25) is 0 Å². The van der Waals surface area contributed by atoms with Crippen molar-refractivity contribution in [2.24, 2.45) is 0 Å². The maximum absolute atomic E-state index is 12.1. The number of hydrogen-bond acceptors (Lipinski definition) is 5. The Morgan fingerprint density at radius 2 is 2.10 bits per heavy atom. The molecule has 116 valence electrons.